The van der Waals surface area contributed by atoms with Gasteiger partial charge in [-0.15, -0.1) is 0 Å². The minimum absolute atomic E-state index is 0.0353. The lowest BCUT2D eigenvalue weighted by Gasteiger charge is -2.27. The molecule has 2 aromatic rings. The van der Waals surface area contributed by atoms with Crippen LogP contribution in [0.1, 0.15) is 22.3 Å². The van der Waals surface area contributed by atoms with E-state index < -0.39 is 0 Å². The third-order valence-electron chi connectivity index (χ3n) is 4.08. The first kappa shape index (κ1) is 13.7. The van der Waals surface area contributed by atoms with Gasteiger partial charge in [-0.2, -0.15) is 0 Å². The van der Waals surface area contributed by atoms with E-state index in [9.17, 15) is 4.79 Å². The second-order valence-electron chi connectivity index (χ2n) is 5.81. The van der Waals surface area contributed by atoms with Crippen LogP contribution < -0.4 is 10.6 Å². The van der Waals surface area contributed by atoms with Gasteiger partial charge in [0.1, 0.15) is 6.04 Å². The third kappa shape index (κ3) is 2.64. The van der Waals surface area contributed by atoms with Crippen LogP contribution in [0.15, 0.2) is 36.4 Å². The van der Waals surface area contributed by atoms with Crippen molar-refractivity contribution in [3.8, 4) is 0 Å². The molecule has 1 heterocycles. The normalized spacial score (nSPS) is 16.9. The van der Waals surface area contributed by atoms with E-state index in [0.29, 0.717) is 6.42 Å². The number of aryl methyl sites for hydroxylation is 3. The van der Waals surface area contributed by atoms with E-state index >= 15 is 0 Å². The predicted octanol–water partition coefficient (Wildman–Crippen LogP) is 3.59. The zero-order chi connectivity index (χ0) is 15.0. The Morgan fingerprint density at radius 1 is 1.00 bits per heavy atom. The van der Waals surface area contributed by atoms with Crippen molar-refractivity contribution in [3.05, 3.63) is 58.7 Å². The molecule has 0 spiro atoms. The van der Waals surface area contributed by atoms with Crippen LogP contribution in [0, 0.1) is 20.8 Å². The molecule has 2 aromatic carbocycles. The standard InChI is InChI=1S/C18H20N2O/c1-11-8-12(2)14(13(3)9-11)10-17-18(21)20-16-7-5-4-6-15(16)19-17/h4-9,17,19H,10H2,1-3H3,(H,20,21). The molecule has 0 saturated heterocycles. The Hall–Kier alpha value is -2.29. The lowest BCUT2D eigenvalue weighted by molar-refractivity contribution is -0.117. The molecule has 1 aliphatic rings. The number of hydrogen-bond acceptors (Lipinski definition) is 2. The van der Waals surface area contributed by atoms with Gasteiger partial charge in [0.05, 0.1) is 11.4 Å². The molecule has 21 heavy (non-hydrogen) atoms. The molecule has 108 valence electrons. The number of fused-ring (bicyclic) bond motifs is 1. The zero-order valence-electron chi connectivity index (χ0n) is 12.7. The molecular formula is C18H20N2O. The molecule has 1 unspecified atom stereocenters. The van der Waals surface area contributed by atoms with Crippen LogP contribution in [0.25, 0.3) is 0 Å². The Labute approximate surface area is 125 Å². The van der Waals surface area contributed by atoms with Gasteiger partial charge in [0.25, 0.3) is 0 Å². The van der Waals surface area contributed by atoms with E-state index in [4.69, 9.17) is 0 Å². The molecule has 0 aliphatic carbocycles. The SMILES string of the molecule is Cc1cc(C)c(CC2Nc3ccccc3NC2=O)c(C)c1. The summed E-state index contributed by atoms with van der Waals surface area (Å²) in [6.07, 6.45) is 0.706. The Morgan fingerprint density at radius 3 is 2.29 bits per heavy atom. The average Bonchev–Trinajstić information content (AvgIpc) is 2.43. The summed E-state index contributed by atoms with van der Waals surface area (Å²) in [5.41, 5.74) is 6.87. The van der Waals surface area contributed by atoms with Gasteiger partial charge >= 0.3 is 0 Å². The van der Waals surface area contributed by atoms with E-state index in [0.717, 1.165) is 11.4 Å². The van der Waals surface area contributed by atoms with Gasteiger partial charge in [0.2, 0.25) is 5.91 Å². The summed E-state index contributed by atoms with van der Waals surface area (Å²) in [5.74, 6) is 0.0353. The number of carbonyl (C=O) groups is 1. The molecular weight excluding hydrogens is 260 g/mol. The van der Waals surface area contributed by atoms with Crippen molar-refractivity contribution in [1.29, 1.82) is 0 Å². The number of para-hydroxylation sites is 2. The first-order valence-corrected chi connectivity index (χ1v) is 7.28. The molecule has 1 amide bonds. The number of nitrogens with one attached hydrogen (secondary N) is 2. The second kappa shape index (κ2) is 5.24. The maximum atomic E-state index is 12.3. The molecule has 0 bridgehead atoms. The molecule has 3 heteroatoms. The summed E-state index contributed by atoms with van der Waals surface area (Å²) in [5, 5.41) is 6.33. The summed E-state index contributed by atoms with van der Waals surface area (Å²) < 4.78 is 0. The fourth-order valence-corrected chi connectivity index (χ4v) is 3.07. The first-order chi connectivity index (χ1) is 10.0. The van der Waals surface area contributed by atoms with Crippen molar-refractivity contribution in [3.63, 3.8) is 0 Å². The van der Waals surface area contributed by atoms with Gasteiger partial charge in [-0.05, 0) is 49.6 Å². The van der Waals surface area contributed by atoms with Crippen LogP contribution in [0.2, 0.25) is 0 Å². The number of rotatable bonds is 2. The number of carbonyl (C=O) groups excluding carboxylic acids is 1. The molecule has 3 rings (SSSR count). The summed E-state index contributed by atoms with van der Waals surface area (Å²) in [6.45, 7) is 6.33. The van der Waals surface area contributed by atoms with Gasteiger partial charge in [-0.3, -0.25) is 4.79 Å². The molecule has 0 fully saturated rings. The quantitative estimate of drug-likeness (QED) is 0.882. The minimum Gasteiger partial charge on any atom is -0.372 e. The molecule has 0 radical (unpaired) electrons. The molecule has 1 atom stereocenters. The van der Waals surface area contributed by atoms with E-state index in [-0.39, 0.29) is 11.9 Å². The van der Waals surface area contributed by atoms with Gasteiger partial charge in [0.15, 0.2) is 0 Å². The average molecular weight is 280 g/mol. The van der Waals surface area contributed by atoms with Crippen molar-refractivity contribution < 1.29 is 4.79 Å². The lowest BCUT2D eigenvalue weighted by atomic mass is 9.93. The molecule has 2 N–H and O–H groups in total. The maximum Gasteiger partial charge on any atom is 0.247 e. The number of anilines is 2. The Bertz CT molecular complexity index is 683. The maximum absolute atomic E-state index is 12.3. The van der Waals surface area contributed by atoms with Gasteiger partial charge in [-0.1, -0.05) is 29.8 Å². The highest BCUT2D eigenvalue weighted by atomic mass is 16.2. The van der Waals surface area contributed by atoms with E-state index in [2.05, 4.69) is 43.5 Å². The van der Waals surface area contributed by atoms with Gasteiger partial charge in [-0.25, -0.2) is 0 Å². The topological polar surface area (TPSA) is 41.1 Å². The summed E-state index contributed by atoms with van der Waals surface area (Å²) in [6, 6.07) is 11.9. The first-order valence-electron chi connectivity index (χ1n) is 7.28. The van der Waals surface area contributed by atoms with Gasteiger partial charge in [0, 0.05) is 6.42 Å². The van der Waals surface area contributed by atoms with E-state index in [1.807, 2.05) is 24.3 Å². The second-order valence-corrected chi connectivity index (χ2v) is 5.81. The van der Waals surface area contributed by atoms with Crippen LogP contribution >= 0.6 is 0 Å². The predicted molar refractivity (Wildman–Crippen MR) is 86.8 cm³/mol. The van der Waals surface area contributed by atoms with Crippen LogP contribution in [0.5, 0.6) is 0 Å². The van der Waals surface area contributed by atoms with Crippen LogP contribution in [-0.2, 0) is 11.2 Å². The Morgan fingerprint density at radius 2 is 1.62 bits per heavy atom. The van der Waals surface area contributed by atoms with Crippen molar-refractivity contribution in [1.82, 2.24) is 0 Å². The highest BCUT2D eigenvalue weighted by molar-refractivity contribution is 6.03. The fraction of sp³-hybridized carbons (Fsp3) is 0.278. The smallest absolute Gasteiger partial charge is 0.247 e. The number of hydrogen-bond donors (Lipinski definition) is 2. The summed E-state index contributed by atoms with van der Waals surface area (Å²) in [4.78, 5) is 12.3. The number of amides is 1. The third-order valence-corrected chi connectivity index (χ3v) is 4.08. The van der Waals surface area contributed by atoms with Crippen molar-refractivity contribution in [2.75, 3.05) is 10.6 Å². The summed E-state index contributed by atoms with van der Waals surface area (Å²) >= 11 is 0. The van der Waals surface area contributed by atoms with Crippen LogP contribution in [0.4, 0.5) is 11.4 Å². The van der Waals surface area contributed by atoms with Crippen molar-refractivity contribution >= 4 is 17.3 Å². The van der Waals surface area contributed by atoms with E-state index in [1.54, 1.807) is 0 Å². The highest BCUT2D eigenvalue weighted by Crippen LogP contribution is 2.28. The van der Waals surface area contributed by atoms with Gasteiger partial charge < -0.3 is 10.6 Å². The summed E-state index contributed by atoms with van der Waals surface area (Å²) in [7, 11) is 0. The van der Waals surface area contributed by atoms with Crippen LogP contribution in [0.3, 0.4) is 0 Å². The largest absolute Gasteiger partial charge is 0.372 e. The minimum atomic E-state index is -0.222. The Kier molecular flexibility index (Phi) is 3.42. The fourth-order valence-electron chi connectivity index (χ4n) is 3.07. The molecule has 1 aliphatic heterocycles. The highest BCUT2D eigenvalue weighted by Gasteiger charge is 2.26. The monoisotopic (exact) mass is 280 g/mol. The molecule has 3 nitrogen and oxygen atoms in total. The van der Waals surface area contributed by atoms with Crippen LogP contribution in [-0.4, -0.2) is 11.9 Å². The zero-order valence-corrected chi connectivity index (χ0v) is 12.7. The number of benzene rings is 2. The molecule has 0 aromatic heterocycles. The Balaban J connectivity index is 1.88. The van der Waals surface area contributed by atoms with Crippen molar-refractivity contribution in [2.45, 2.75) is 33.2 Å². The lowest BCUT2D eigenvalue weighted by Crippen LogP contribution is -2.40. The van der Waals surface area contributed by atoms with Crippen molar-refractivity contribution in [2.24, 2.45) is 0 Å². The molecule has 0 saturated carbocycles. The van der Waals surface area contributed by atoms with E-state index in [1.165, 1.54) is 22.3 Å².